The summed E-state index contributed by atoms with van der Waals surface area (Å²) >= 11 is 1.63. The van der Waals surface area contributed by atoms with Gasteiger partial charge in [0.1, 0.15) is 5.75 Å². The van der Waals surface area contributed by atoms with Crippen LogP contribution in [0.5, 0.6) is 5.75 Å². The number of rotatable bonds is 5. The molecule has 2 aromatic heterocycles. The van der Waals surface area contributed by atoms with Crippen LogP contribution < -0.4 is 10.5 Å². The SMILES string of the molecule is COc1cccc(C(N)Cc2nc(-c3ccncc3)cs2)c1. The van der Waals surface area contributed by atoms with E-state index in [1.54, 1.807) is 30.8 Å². The third-order valence-electron chi connectivity index (χ3n) is 3.44. The van der Waals surface area contributed by atoms with E-state index in [1.807, 2.05) is 36.4 Å². The Hall–Kier alpha value is -2.24. The molecule has 3 rings (SSSR count). The first kappa shape index (κ1) is 14.7. The molecule has 3 aromatic rings. The van der Waals surface area contributed by atoms with Crippen LogP contribution in [0.3, 0.4) is 0 Å². The number of nitrogens with zero attached hydrogens (tertiary/aromatic N) is 2. The van der Waals surface area contributed by atoms with Gasteiger partial charge in [0, 0.05) is 35.8 Å². The Morgan fingerprint density at radius 1 is 1.23 bits per heavy atom. The number of hydrogen-bond acceptors (Lipinski definition) is 5. The maximum atomic E-state index is 6.30. The number of aromatic nitrogens is 2. The maximum Gasteiger partial charge on any atom is 0.119 e. The van der Waals surface area contributed by atoms with Crippen molar-refractivity contribution in [3.8, 4) is 17.0 Å². The van der Waals surface area contributed by atoms with E-state index < -0.39 is 0 Å². The Balaban J connectivity index is 1.74. The maximum absolute atomic E-state index is 6.30. The molecule has 0 aliphatic rings. The van der Waals surface area contributed by atoms with E-state index >= 15 is 0 Å². The lowest BCUT2D eigenvalue weighted by molar-refractivity contribution is 0.414. The van der Waals surface area contributed by atoms with Gasteiger partial charge >= 0.3 is 0 Å². The molecule has 0 saturated carbocycles. The summed E-state index contributed by atoms with van der Waals surface area (Å²) in [5, 5.41) is 3.09. The first-order valence-corrected chi connectivity index (χ1v) is 7.88. The molecular formula is C17H17N3OS. The Labute approximate surface area is 133 Å². The third-order valence-corrected chi connectivity index (χ3v) is 4.32. The molecular weight excluding hydrogens is 294 g/mol. The highest BCUT2D eigenvalue weighted by Gasteiger charge is 2.11. The second-order valence-electron chi connectivity index (χ2n) is 4.95. The van der Waals surface area contributed by atoms with Crippen molar-refractivity contribution in [2.75, 3.05) is 7.11 Å². The van der Waals surface area contributed by atoms with Crippen molar-refractivity contribution in [3.63, 3.8) is 0 Å². The third kappa shape index (κ3) is 3.32. The van der Waals surface area contributed by atoms with Crippen molar-refractivity contribution < 1.29 is 4.74 Å². The van der Waals surface area contributed by atoms with Gasteiger partial charge < -0.3 is 10.5 Å². The number of methoxy groups -OCH3 is 1. The largest absolute Gasteiger partial charge is 0.497 e. The van der Waals surface area contributed by atoms with E-state index in [0.29, 0.717) is 6.42 Å². The van der Waals surface area contributed by atoms with Crippen LogP contribution in [0.15, 0.2) is 54.2 Å². The molecule has 0 spiro atoms. The van der Waals surface area contributed by atoms with Gasteiger partial charge in [-0.2, -0.15) is 0 Å². The minimum absolute atomic E-state index is 0.0912. The molecule has 2 N–H and O–H groups in total. The van der Waals surface area contributed by atoms with Crippen LogP contribution >= 0.6 is 11.3 Å². The fourth-order valence-corrected chi connectivity index (χ4v) is 3.10. The lowest BCUT2D eigenvalue weighted by atomic mass is 10.0. The van der Waals surface area contributed by atoms with Crippen LogP contribution in [0.25, 0.3) is 11.3 Å². The number of thiazole rings is 1. The molecule has 0 saturated heterocycles. The van der Waals surface area contributed by atoms with Crippen molar-refractivity contribution in [2.24, 2.45) is 5.73 Å². The van der Waals surface area contributed by atoms with Gasteiger partial charge in [0.05, 0.1) is 17.8 Å². The summed E-state index contributed by atoms with van der Waals surface area (Å²) < 4.78 is 5.24. The zero-order chi connectivity index (χ0) is 15.4. The predicted octanol–water partition coefficient (Wildman–Crippen LogP) is 3.46. The predicted molar refractivity (Wildman–Crippen MR) is 89.0 cm³/mol. The van der Waals surface area contributed by atoms with Crippen LogP contribution in [0.1, 0.15) is 16.6 Å². The normalized spacial score (nSPS) is 12.1. The summed E-state index contributed by atoms with van der Waals surface area (Å²) in [5.41, 5.74) is 9.40. The van der Waals surface area contributed by atoms with E-state index in [1.165, 1.54) is 0 Å². The highest BCUT2D eigenvalue weighted by atomic mass is 32.1. The molecule has 1 unspecified atom stereocenters. The van der Waals surface area contributed by atoms with Gasteiger partial charge in [0.2, 0.25) is 0 Å². The van der Waals surface area contributed by atoms with Gasteiger partial charge in [0.15, 0.2) is 0 Å². The average molecular weight is 311 g/mol. The molecule has 0 amide bonds. The molecule has 22 heavy (non-hydrogen) atoms. The van der Waals surface area contributed by atoms with E-state index in [2.05, 4.69) is 15.3 Å². The summed E-state index contributed by atoms with van der Waals surface area (Å²) in [7, 11) is 1.66. The summed E-state index contributed by atoms with van der Waals surface area (Å²) in [6.45, 7) is 0. The number of nitrogens with two attached hydrogens (primary N) is 1. The van der Waals surface area contributed by atoms with E-state index in [-0.39, 0.29) is 6.04 Å². The summed E-state index contributed by atoms with van der Waals surface area (Å²) in [6.07, 6.45) is 4.26. The van der Waals surface area contributed by atoms with Crippen LogP contribution in [-0.4, -0.2) is 17.1 Å². The lowest BCUT2D eigenvalue weighted by Crippen LogP contribution is -2.13. The number of hydrogen-bond donors (Lipinski definition) is 1. The van der Waals surface area contributed by atoms with Crippen molar-refractivity contribution in [1.29, 1.82) is 0 Å². The lowest BCUT2D eigenvalue weighted by Gasteiger charge is -2.11. The second kappa shape index (κ2) is 6.68. The van der Waals surface area contributed by atoms with Gasteiger partial charge in [-0.25, -0.2) is 4.98 Å². The van der Waals surface area contributed by atoms with Crippen LogP contribution in [0, 0.1) is 0 Å². The van der Waals surface area contributed by atoms with Crippen molar-refractivity contribution in [3.05, 3.63) is 64.7 Å². The van der Waals surface area contributed by atoms with Gasteiger partial charge in [-0.15, -0.1) is 11.3 Å². The highest BCUT2D eigenvalue weighted by Crippen LogP contribution is 2.25. The van der Waals surface area contributed by atoms with Gasteiger partial charge in [-0.05, 0) is 29.8 Å². The fourth-order valence-electron chi connectivity index (χ4n) is 2.24. The van der Waals surface area contributed by atoms with Gasteiger partial charge in [-0.1, -0.05) is 12.1 Å². The fraction of sp³-hybridized carbons (Fsp3) is 0.176. The van der Waals surface area contributed by atoms with Crippen molar-refractivity contribution in [1.82, 2.24) is 9.97 Å². The zero-order valence-electron chi connectivity index (χ0n) is 12.3. The Kier molecular flexibility index (Phi) is 4.46. The van der Waals surface area contributed by atoms with E-state index in [9.17, 15) is 0 Å². The Morgan fingerprint density at radius 2 is 2.05 bits per heavy atom. The minimum atomic E-state index is -0.0912. The molecule has 0 radical (unpaired) electrons. The molecule has 1 aromatic carbocycles. The molecule has 1 atom stereocenters. The van der Waals surface area contributed by atoms with Crippen LogP contribution in [0.4, 0.5) is 0 Å². The molecule has 0 aliphatic carbocycles. The first-order chi connectivity index (χ1) is 10.8. The second-order valence-corrected chi connectivity index (χ2v) is 5.89. The summed E-state index contributed by atoms with van der Waals surface area (Å²) in [5.74, 6) is 0.824. The van der Waals surface area contributed by atoms with Gasteiger partial charge in [-0.3, -0.25) is 4.98 Å². The number of pyridine rings is 1. The minimum Gasteiger partial charge on any atom is -0.497 e. The molecule has 0 fully saturated rings. The first-order valence-electron chi connectivity index (χ1n) is 7.00. The number of benzene rings is 1. The Bertz CT molecular complexity index is 742. The molecule has 0 bridgehead atoms. The number of ether oxygens (including phenoxy) is 1. The molecule has 0 aliphatic heterocycles. The quantitative estimate of drug-likeness (QED) is 0.784. The smallest absolute Gasteiger partial charge is 0.119 e. The van der Waals surface area contributed by atoms with Crippen LogP contribution in [-0.2, 0) is 6.42 Å². The van der Waals surface area contributed by atoms with Crippen molar-refractivity contribution >= 4 is 11.3 Å². The monoisotopic (exact) mass is 311 g/mol. The molecule has 5 heteroatoms. The average Bonchev–Trinajstić information content (AvgIpc) is 3.04. The van der Waals surface area contributed by atoms with E-state index in [4.69, 9.17) is 10.5 Å². The Morgan fingerprint density at radius 3 is 2.82 bits per heavy atom. The molecule has 4 nitrogen and oxygen atoms in total. The van der Waals surface area contributed by atoms with E-state index in [0.717, 1.165) is 27.6 Å². The standard InChI is InChI=1S/C17H17N3OS/c1-21-14-4-2-3-13(9-14)15(18)10-17-20-16(11-22-17)12-5-7-19-8-6-12/h2-9,11,15H,10,18H2,1H3. The molecule has 112 valence electrons. The van der Waals surface area contributed by atoms with Gasteiger partial charge in [0.25, 0.3) is 0 Å². The summed E-state index contributed by atoms with van der Waals surface area (Å²) in [4.78, 5) is 8.69. The summed E-state index contributed by atoms with van der Waals surface area (Å²) in [6, 6.07) is 11.7. The van der Waals surface area contributed by atoms with Crippen LogP contribution in [0.2, 0.25) is 0 Å². The van der Waals surface area contributed by atoms with Crippen molar-refractivity contribution in [2.45, 2.75) is 12.5 Å². The highest BCUT2D eigenvalue weighted by molar-refractivity contribution is 7.09. The topological polar surface area (TPSA) is 61.0 Å². The zero-order valence-corrected chi connectivity index (χ0v) is 13.1. The molecule has 2 heterocycles.